The van der Waals surface area contributed by atoms with Crippen molar-refractivity contribution >= 4 is 14.6 Å². The van der Waals surface area contributed by atoms with Gasteiger partial charge in [0, 0.05) is 0 Å². The first-order chi connectivity index (χ1) is 5.21. The van der Waals surface area contributed by atoms with E-state index < -0.39 is 0 Å². The van der Waals surface area contributed by atoms with E-state index in [-0.39, 0.29) is 5.41 Å². The lowest BCUT2D eigenvalue weighted by Gasteiger charge is -2.36. The fourth-order valence-electron chi connectivity index (χ4n) is 1.51. The highest BCUT2D eigenvalue weighted by Crippen LogP contribution is 2.42. The Balaban J connectivity index is 4.23. The Labute approximate surface area is 80.0 Å². The highest BCUT2D eigenvalue weighted by atomic mass is 14.3. The minimum atomic E-state index is 0.285. The number of rotatable bonds is 4. The van der Waals surface area contributed by atoms with Crippen LogP contribution in [0.25, 0.3) is 0 Å². The van der Waals surface area contributed by atoms with Gasteiger partial charge in [-0.25, -0.2) is 0 Å². The molecule has 0 aliphatic heterocycles. The third kappa shape index (κ3) is 3.69. The van der Waals surface area contributed by atoms with Gasteiger partial charge in [0.25, 0.3) is 0 Å². The van der Waals surface area contributed by atoms with E-state index in [0.29, 0.717) is 5.31 Å². The first-order valence-corrected chi connectivity index (χ1v) is 4.91. The van der Waals surface area contributed by atoms with Gasteiger partial charge in [-0.15, -0.1) is 0 Å². The first kappa shape index (κ1) is 12.1. The summed E-state index contributed by atoms with van der Waals surface area (Å²) >= 11 is 0. The second-order valence-electron chi connectivity index (χ2n) is 5.69. The summed E-state index contributed by atoms with van der Waals surface area (Å²) in [5.74, 6) is 0. The molecule has 0 heterocycles. The van der Waals surface area contributed by atoms with E-state index in [9.17, 15) is 0 Å². The smallest absolute Gasteiger partial charge is 0.0859 e. The van der Waals surface area contributed by atoms with Gasteiger partial charge in [0.2, 0.25) is 0 Å². The van der Waals surface area contributed by atoms with E-state index in [2.05, 4.69) is 41.3 Å². The molecular weight excluding hydrogens is 142 g/mol. The summed E-state index contributed by atoms with van der Waals surface area (Å²) < 4.78 is 0. The summed E-state index contributed by atoms with van der Waals surface area (Å²) in [5, 5.41) is 0.406. The zero-order valence-electron chi connectivity index (χ0n) is 9.57. The molecule has 0 N–H and O–H groups in total. The lowest BCUT2D eigenvalue weighted by Crippen LogP contribution is -2.27. The van der Waals surface area contributed by atoms with Crippen LogP contribution >= 0.6 is 0 Å². The molecule has 0 aromatic heterocycles. The number of hydrogen-bond donors (Lipinski definition) is 0. The van der Waals surface area contributed by atoms with Crippen LogP contribution in [0, 0.1) is 5.41 Å². The topological polar surface area (TPSA) is 0 Å². The minimum absolute atomic E-state index is 0.285. The van der Waals surface area contributed by atoms with E-state index in [1.165, 1.54) is 6.42 Å². The average molecular weight is 164 g/mol. The molecular formula is C10H22B2. The Kier molecular flexibility index (Phi) is 3.93. The summed E-state index contributed by atoms with van der Waals surface area (Å²) in [6, 6.07) is 0. The van der Waals surface area contributed by atoms with Crippen LogP contribution in [-0.4, -0.2) is 14.6 Å². The monoisotopic (exact) mass is 164 g/mol. The molecule has 0 saturated carbocycles. The van der Waals surface area contributed by atoms with Crippen molar-refractivity contribution < 1.29 is 0 Å². The lowest BCUT2D eigenvalue weighted by molar-refractivity contribution is 0.327. The maximum atomic E-state index is 5.71. The molecule has 0 saturated heterocycles. The molecule has 0 bridgehead atoms. The molecule has 0 amide bonds. The quantitative estimate of drug-likeness (QED) is 0.557. The molecule has 0 aliphatic rings. The van der Waals surface area contributed by atoms with Gasteiger partial charge in [-0.2, -0.15) is 0 Å². The second-order valence-corrected chi connectivity index (χ2v) is 5.69. The molecule has 2 heteroatoms. The maximum absolute atomic E-state index is 5.71. The molecule has 0 unspecified atom stereocenters. The van der Waals surface area contributed by atoms with Crippen molar-refractivity contribution in [2.45, 2.75) is 59.4 Å². The van der Waals surface area contributed by atoms with Gasteiger partial charge in [-0.3, -0.25) is 0 Å². The van der Waals surface area contributed by atoms with Crippen molar-refractivity contribution in [1.82, 2.24) is 0 Å². The lowest BCUT2D eigenvalue weighted by atomic mass is 9.35. The van der Waals surface area contributed by atoms with Gasteiger partial charge in [0.05, 0.1) is 7.85 Å². The molecule has 0 spiro atoms. The van der Waals surface area contributed by atoms with E-state index in [1.54, 1.807) is 0 Å². The fourth-order valence-corrected chi connectivity index (χ4v) is 1.51. The SMILES string of the molecule is [B]CC(C)(C)CC(C)(C)B(C)C. The molecule has 0 nitrogen and oxygen atoms in total. The largest absolute Gasteiger partial charge is 0.139 e. The van der Waals surface area contributed by atoms with E-state index in [1.807, 2.05) is 0 Å². The predicted octanol–water partition coefficient (Wildman–Crippen LogP) is 3.52. The summed E-state index contributed by atoms with van der Waals surface area (Å²) in [6.45, 7) is 14.4. The standard InChI is InChI=1S/C10H22B2/c1-9(2,8-11)7-10(3,4)12(5)6/h7-8H2,1-6H3. The van der Waals surface area contributed by atoms with Gasteiger partial charge >= 0.3 is 0 Å². The molecule has 2 radical (unpaired) electrons. The Hall–Kier alpha value is 0.130. The van der Waals surface area contributed by atoms with Crippen molar-refractivity contribution in [1.29, 1.82) is 0 Å². The Morgan fingerprint density at radius 3 is 1.75 bits per heavy atom. The summed E-state index contributed by atoms with van der Waals surface area (Å²) in [5.41, 5.74) is 0.285. The van der Waals surface area contributed by atoms with Crippen molar-refractivity contribution in [2.24, 2.45) is 5.41 Å². The van der Waals surface area contributed by atoms with Crippen LogP contribution in [0.5, 0.6) is 0 Å². The normalized spacial score (nSPS) is 13.2. The van der Waals surface area contributed by atoms with Gasteiger partial charge in [0.15, 0.2) is 0 Å². The highest BCUT2D eigenvalue weighted by Gasteiger charge is 2.31. The van der Waals surface area contributed by atoms with Crippen LogP contribution in [-0.2, 0) is 0 Å². The van der Waals surface area contributed by atoms with Crippen molar-refractivity contribution in [3.8, 4) is 0 Å². The molecule has 0 rings (SSSR count). The van der Waals surface area contributed by atoms with Crippen LogP contribution in [0.15, 0.2) is 0 Å². The molecule has 12 heavy (non-hydrogen) atoms. The molecule has 0 aliphatic carbocycles. The predicted molar refractivity (Wildman–Crippen MR) is 60.5 cm³/mol. The van der Waals surface area contributed by atoms with Crippen LogP contribution in [0.2, 0.25) is 25.3 Å². The third-order valence-corrected chi connectivity index (χ3v) is 3.05. The zero-order chi connectivity index (χ0) is 9.99. The van der Waals surface area contributed by atoms with Crippen LogP contribution in [0.4, 0.5) is 0 Å². The van der Waals surface area contributed by atoms with E-state index >= 15 is 0 Å². The van der Waals surface area contributed by atoms with Gasteiger partial charge < -0.3 is 0 Å². The van der Waals surface area contributed by atoms with Crippen LogP contribution < -0.4 is 0 Å². The zero-order valence-corrected chi connectivity index (χ0v) is 9.57. The average Bonchev–Trinajstić information content (AvgIpc) is 1.85. The summed E-state index contributed by atoms with van der Waals surface area (Å²) in [4.78, 5) is 0. The minimum Gasteiger partial charge on any atom is -0.0859 e. The van der Waals surface area contributed by atoms with Crippen LogP contribution in [0.1, 0.15) is 34.1 Å². The van der Waals surface area contributed by atoms with Gasteiger partial charge in [0.1, 0.15) is 6.71 Å². The van der Waals surface area contributed by atoms with Crippen molar-refractivity contribution in [3.63, 3.8) is 0 Å². The Morgan fingerprint density at radius 2 is 1.50 bits per heavy atom. The molecule has 0 fully saturated rings. The third-order valence-electron chi connectivity index (χ3n) is 3.05. The fraction of sp³-hybridized carbons (Fsp3) is 1.00. The van der Waals surface area contributed by atoms with Crippen LogP contribution in [0.3, 0.4) is 0 Å². The molecule has 0 atom stereocenters. The summed E-state index contributed by atoms with van der Waals surface area (Å²) in [7, 11) is 5.71. The Morgan fingerprint density at radius 1 is 1.08 bits per heavy atom. The Bertz CT molecular complexity index is 137. The second kappa shape index (κ2) is 3.89. The van der Waals surface area contributed by atoms with Gasteiger partial charge in [-0.05, 0) is 5.41 Å². The number of hydrogen-bond acceptors (Lipinski definition) is 0. The highest BCUT2D eigenvalue weighted by molar-refractivity contribution is 6.59. The molecule has 68 valence electrons. The van der Waals surface area contributed by atoms with E-state index in [0.717, 1.165) is 13.0 Å². The molecule has 0 aromatic carbocycles. The first-order valence-electron chi connectivity index (χ1n) is 4.91. The maximum Gasteiger partial charge on any atom is 0.139 e. The molecule has 0 aromatic rings. The van der Waals surface area contributed by atoms with Crippen molar-refractivity contribution in [2.75, 3.05) is 0 Å². The van der Waals surface area contributed by atoms with E-state index in [4.69, 9.17) is 7.85 Å². The van der Waals surface area contributed by atoms with Crippen molar-refractivity contribution in [3.05, 3.63) is 0 Å². The summed E-state index contributed by atoms with van der Waals surface area (Å²) in [6.07, 6.45) is 1.98. The van der Waals surface area contributed by atoms with Gasteiger partial charge in [-0.1, -0.05) is 59.4 Å².